The van der Waals surface area contributed by atoms with E-state index in [4.69, 9.17) is 4.74 Å². The van der Waals surface area contributed by atoms with Gasteiger partial charge < -0.3 is 9.53 Å². The maximum absolute atomic E-state index is 10.5. The van der Waals surface area contributed by atoms with Gasteiger partial charge in [-0.15, -0.1) is 0 Å². The fourth-order valence-corrected chi connectivity index (χ4v) is 1.31. The Morgan fingerprint density at radius 3 is 2.50 bits per heavy atom. The molecule has 1 unspecified atom stereocenters. The molecule has 1 atom stereocenters. The molecule has 0 saturated carbocycles. The molecule has 2 heteroatoms. The highest BCUT2D eigenvalue weighted by Crippen LogP contribution is 2.14. The van der Waals surface area contributed by atoms with Crippen LogP contribution >= 0.6 is 0 Å². The van der Waals surface area contributed by atoms with E-state index in [1.165, 1.54) is 5.56 Å². The van der Waals surface area contributed by atoms with Crippen LogP contribution in [0, 0.1) is 5.92 Å². The minimum Gasteiger partial charge on any atom is -0.494 e. The number of ether oxygens (including phenoxy) is 1. The van der Waals surface area contributed by atoms with Gasteiger partial charge in [0, 0.05) is 5.92 Å². The van der Waals surface area contributed by atoms with Gasteiger partial charge in [0.05, 0.1) is 6.61 Å². The van der Waals surface area contributed by atoms with Crippen LogP contribution in [0.15, 0.2) is 24.3 Å². The van der Waals surface area contributed by atoms with Crippen LogP contribution in [0.3, 0.4) is 0 Å². The molecule has 1 rings (SSSR count). The molecule has 0 spiro atoms. The van der Waals surface area contributed by atoms with Crippen LogP contribution in [-0.4, -0.2) is 12.9 Å². The fraction of sp³-hybridized carbons (Fsp3) is 0.417. The Bertz CT molecular complexity index is 277. The van der Waals surface area contributed by atoms with Crippen LogP contribution in [0.4, 0.5) is 0 Å². The van der Waals surface area contributed by atoms with Gasteiger partial charge in [0.15, 0.2) is 0 Å². The molecule has 0 bridgehead atoms. The third-order valence-electron chi connectivity index (χ3n) is 2.02. The van der Waals surface area contributed by atoms with E-state index in [0.717, 1.165) is 18.5 Å². The average molecular weight is 192 g/mol. The molecule has 14 heavy (non-hydrogen) atoms. The van der Waals surface area contributed by atoms with Crippen molar-refractivity contribution in [2.75, 3.05) is 6.61 Å². The summed E-state index contributed by atoms with van der Waals surface area (Å²) >= 11 is 0. The molecule has 0 aliphatic rings. The van der Waals surface area contributed by atoms with E-state index in [1.54, 1.807) is 0 Å². The third-order valence-corrected chi connectivity index (χ3v) is 2.02. The third kappa shape index (κ3) is 3.21. The first kappa shape index (κ1) is 10.8. The summed E-state index contributed by atoms with van der Waals surface area (Å²) in [5.41, 5.74) is 1.17. The summed E-state index contributed by atoms with van der Waals surface area (Å²) in [4.78, 5) is 10.5. The lowest BCUT2D eigenvalue weighted by Crippen LogP contribution is -2.00. The molecule has 0 aliphatic heterocycles. The van der Waals surface area contributed by atoms with Crippen LogP contribution in [0.5, 0.6) is 5.75 Å². The van der Waals surface area contributed by atoms with Crippen molar-refractivity contribution in [3.63, 3.8) is 0 Å². The van der Waals surface area contributed by atoms with Crippen molar-refractivity contribution >= 4 is 6.29 Å². The first-order valence-electron chi connectivity index (χ1n) is 4.93. The minimum absolute atomic E-state index is 0.0907. The van der Waals surface area contributed by atoms with Crippen molar-refractivity contribution in [1.82, 2.24) is 0 Å². The minimum atomic E-state index is 0.0907. The van der Waals surface area contributed by atoms with Gasteiger partial charge >= 0.3 is 0 Å². The Balaban J connectivity index is 2.59. The van der Waals surface area contributed by atoms with Gasteiger partial charge in [-0.1, -0.05) is 19.1 Å². The molecule has 0 aromatic heterocycles. The summed E-state index contributed by atoms with van der Waals surface area (Å²) in [6, 6.07) is 7.89. The quantitative estimate of drug-likeness (QED) is 0.670. The molecule has 0 amide bonds. The number of carbonyl (C=O) groups is 1. The standard InChI is InChI=1S/C12H16O2/c1-3-14-12-6-4-11(5-7-12)8-10(2)9-13/h4-7,9-10H,3,8H2,1-2H3. The topological polar surface area (TPSA) is 26.3 Å². The predicted octanol–water partition coefficient (Wildman–Crippen LogP) is 2.46. The largest absolute Gasteiger partial charge is 0.494 e. The Morgan fingerprint density at radius 2 is 2.00 bits per heavy atom. The molecule has 0 aliphatic carbocycles. The number of rotatable bonds is 5. The highest BCUT2D eigenvalue weighted by atomic mass is 16.5. The zero-order valence-corrected chi connectivity index (χ0v) is 8.69. The van der Waals surface area contributed by atoms with Gasteiger partial charge in [0.2, 0.25) is 0 Å². The summed E-state index contributed by atoms with van der Waals surface area (Å²) in [6.07, 6.45) is 1.78. The van der Waals surface area contributed by atoms with Crippen LogP contribution in [-0.2, 0) is 11.2 Å². The molecule has 0 N–H and O–H groups in total. The van der Waals surface area contributed by atoms with Gasteiger partial charge in [-0.25, -0.2) is 0 Å². The predicted molar refractivity (Wildman–Crippen MR) is 56.5 cm³/mol. The van der Waals surface area contributed by atoms with Crippen molar-refractivity contribution in [3.8, 4) is 5.75 Å². The van der Waals surface area contributed by atoms with Gasteiger partial charge in [-0.2, -0.15) is 0 Å². The first-order chi connectivity index (χ1) is 6.76. The zero-order chi connectivity index (χ0) is 10.4. The molecule has 0 saturated heterocycles. The number of hydrogen-bond acceptors (Lipinski definition) is 2. The summed E-state index contributed by atoms with van der Waals surface area (Å²) in [5.74, 6) is 0.975. The highest BCUT2D eigenvalue weighted by Gasteiger charge is 2.01. The van der Waals surface area contributed by atoms with E-state index >= 15 is 0 Å². The van der Waals surface area contributed by atoms with Crippen molar-refractivity contribution < 1.29 is 9.53 Å². The van der Waals surface area contributed by atoms with E-state index < -0.39 is 0 Å². The Labute approximate surface area is 84.9 Å². The molecule has 2 nitrogen and oxygen atoms in total. The van der Waals surface area contributed by atoms with E-state index in [0.29, 0.717) is 6.61 Å². The smallest absolute Gasteiger partial charge is 0.123 e. The second-order valence-corrected chi connectivity index (χ2v) is 3.39. The normalized spacial score (nSPS) is 12.1. The lowest BCUT2D eigenvalue weighted by molar-refractivity contribution is -0.110. The Kier molecular flexibility index (Phi) is 4.17. The van der Waals surface area contributed by atoms with Crippen LogP contribution in [0.25, 0.3) is 0 Å². The molecule has 76 valence electrons. The van der Waals surface area contributed by atoms with Crippen molar-refractivity contribution in [2.45, 2.75) is 20.3 Å². The number of benzene rings is 1. The van der Waals surface area contributed by atoms with E-state index in [1.807, 2.05) is 38.1 Å². The Hall–Kier alpha value is -1.31. The van der Waals surface area contributed by atoms with Gasteiger partial charge in [-0.3, -0.25) is 0 Å². The second-order valence-electron chi connectivity index (χ2n) is 3.39. The lowest BCUT2D eigenvalue weighted by Gasteiger charge is -2.06. The molecule has 1 aromatic rings. The van der Waals surface area contributed by atoms with E-state index in [2.05, 4.69) is 0 Å². The Morgan fingerprint density at radius 1 is 1.36 bits per heavy atom. The molecule has 0 heterocycles. The molecular weight excluding hydrogens is 176 g/mol. The van der Waals surface area contributed by atoms with Crippen LogP contribution in [0.1, 0.15) is 19.4 Å². The summed E-state index contributed by atoms with van der Waals surface area (Å²) in [5, 5.41) is 0. The summed E-state index contributed by atoms with van der Waals surface area (Å²) in [7, 11) is 0. The molecule has 0 radical (unpaired) electrons. The van der Waals surface area contributed by atoms with Crippen molar-refractivity contribution in [1.29, 1.82) is 0 Å². The average Bonchev–Trinajstić information content (AvgIpc) is 2.21. The monoisotopic (exact) mass is 192 g/mol. The maximum Gasteiger partial charge on any atom is 0.123 e. The number of aldehydes is 1. The van der Waals surface area contributed by atoms with Gasteiger partial charge in [0.25, 0.3) is 0 Å². The SMILES string of the molecule is CCOc1ccc(CC(C)C=O)cc1. The van der Waals surface area contributed by atoms with Crippen LogP contribution < -0.4 is 4.74 Å². The molecule has 1 aromatic carbocycles. The number of carbonyl (C=O) groups excluding carboxylic acids is 1. The van der Waals surface area contributed by atoms with Crippen molar-refractivity contribution in [3.05, 3.63) is 29.8 Å². The highest BCUT2D eigenvalue weighted by molar-refractivity contribution is 5.53. The summed E-state index contributed by atoms with van der Waals surface area (Å²) < 4.78 is 5.32. The zero-order valence-electron chi connectivity index (χ0n) is 8.69. The molecular formula is C12H16O2. The maximum atomic E-state index is 10.5. The first-order valence-corrected chi connectivity index (χ1v) is 4.93. The lowest BCUT2D eigenvalue weighted by atomic mass is 10.0. The van der Waals surface area contributed by atoms with Crippen LogP contribution in [0.2, 0.25) is 0 Å². The fourth-order valence-electron chi connectivity index (χ4n) is 1.31. The molecule has 0 fully saturated rings. The van der Waals surface area contributed by atoms with Gasteiger partial charge in [-0.05, 0) is 31.0 Å². The summed E-state index contributed by atoms with van der Waals surface area (Å²) in [6.45, 7) is 4.57. The van der Waals surface area contributed by atoms with E-state index in [-0.39, 0.29) is 5.92 Å². The second kappa shape index (κ2) is 5.43. The van der Waals surface area contributed by atoms with E-state index in [9.17, 15) is 4.79 Å². The number of hydrogen-bond donors (Lipinski definition) is 0. The van der Waals surface area contributed by atoms with Crippen molar-refractivity contribution in [2.24, 2.45) is 5.92 Å². The van der Waals surface area contributed by atoms with Gasteiger partial charge in [0.1, 0.15) is 12.0 Å².